The quantitative estimate of drug-likeness (QED) is 0.406. The van der Waals surface area contributed by atoms with Crippen molar-refractivity contribution in [1.29, 1.82) is 0 Å². The van der Waals surface area contributed by atoms with Crippen LogP contribution >= 0.6 is 24.0 Å². The number of benzene rings is 1. The third kappa shape index (κ3) is 5.74. The Hall–Kier alpha value is -1.02. The Morgan fingerprint density at radius 3 is 2.54 bits per heavy atom. The Morgan fingerprint density at radius 2 is 1.88 bits per heavy atom. The minimum absolute atomic E-state index is 0. The van der Waals surface area contributed by atoms with Gasteiger partial charge in [-0.25, -0.2) is 0 Å². The molecule has 2 saturated heterocycles. The molecule has 2 aliphatic heterocycles. The molecule has 6 heteroatoms. The van der Waals surface area contributed by atoms with Crippen molar-refractivity contribution in [2.75, 3.05) is 39.8 Å². The van der Waals surface area contributed by atoms with Gasteiger partial charge in [-0.3, -0.25) is 9.89 Å². The second kappa shape index (κ2) is 11.0. The maximum atomic E-state index is 6.09. The Labute approximate surface area is 175 Å². The van der Waals surface area contributed by atoms with Gasteiger partial charge in [-0.2, -0.15) is 0 Å². The second-order valence-corrected chi connectivity index (χ2v) is 6.97. The average molecular weight is 472 g/mol. The van der Waals surface area contributed by atoms with Gasteiger partial charge < -0.3 is 15.0 Å². The van der Waals surface area contributed by atoms with Crippen LogP contribution in [0.1, 0.15) is 32.6 Å². The predicted molar refractivity (Wildman–Crippen MR) is 119 cm³/mol. The van der Waals surface area contributed by atoms with Gasteiger partial charge in [0.25, 0.3) is 0 Å². The van der Waals surface area contributed by atoms with Crippen molar-refractivity contribution >= 4 is 29.9 Å². The maximum absolute atomic E-state index is 6.09. The number of piperidine rings is 1. The summed E-state index contributed by atoms with van der Waals surface area (Å²) in [6, 6.07) is 10.8. The van der Waals surface area contributed by atoms with Gasteiger partial charge in [-0.1, -0.05) is 25.1 Å². The zero-order valence-electron chi connectivity index (χ0n) is 16.1. The van der Waals surface area contributed by atoms with E-state index in [2.05, 4.69) is 27.0 Å². The molecule has 1 aromatic carbocycles. The first-order chi connectivity index (χ1) is 12.3. The van der Waals surface area contributed by atoms with E-state index in [0.29, 0.717) is 12.1 Å². The number of guanidine groups is 1. The van der Waals surface area contributed by atoms with Crippen LogP contribution in [0.2, 0.25) is 0 Å². The summed E-state index contributed by atoms with van der Waals surface area (Å²) in [5, 5.41) is 3.60. The molecule has 1 atom stereocenters. The van der Waals surface area contributed by atoms with E-state index < -0.39 is 0 Å². The summed E-state index contributed by atoms with van der Waals surface area (Å²) in [4.78, 5) is 9.45. The second-order valence-electron chi connectivity index (χ2n) is 6.97. The fraction of sp³-hybridized carbons (Fsp3) is 0.650. The van der Waals surface area contributed by atoms with Gasteiger partial charge in [0, 0.05) is 45.6 Å². The molecule has 0 spiro atoms. The molecule has 0 bridgehead atoms. The van der Waals surface area contributed by atoms with Gasteiger partial charge in [0.1, 0.15) is 11.9 Å². The van der Waals surface area contributed by atoms with Crippen molar-refractivity contribution in [2.45, 2.75) is 44.8 Å². The number of ether oxygens (including phenoxy) is 1. The summed E-state index contributed by atoms with van der Waals surface area (Å²) in [5.41, 5.74) is 0. The lowest BCUT2D eigenvalue weighted by Crippen LogP contribution is -2.50. The Kier molecular flexibility index (Phi) is 8.98. The molecule has 1 aromatic rings. The first-order valence-corrected chi connectivity index (χ1v) is 9.71. The number of para-hydroxylation sites is 1. The van der Waals surface area contributed by atoms with E-state index in [1.54, 1.807) is 0 Å². The molecule has 0 aromatic heterocycles. The Morgan fingerprint density at radius 1 is 1.15 bits per heavy atom. The highest BCUT2D eigenvalue weighted by molar-refractivity contribution is 14.0. The first kappa shape index (κ1) is 21.3. The molecule has 5 nitrogen and oxygen atoms in total. The van der Waals surface area contributed by atoms with Crippen LogP contribution in [0.4, 0.5) is 0 Å². The third-order valence-corrected chi connectivity index (χ3v) is 5.40. The average Bonchev–Trinajstić information content (AvgIpc) is 3.12. The van der Waals surface area contributed by atoms with E-state index in [4.69, 9.17) is 4.74 Å². The number of likely N-dealkylation sites (tertiary alicyclic amines) is 2. The number of nitrogens with one attached hydrogen (secondary N) is 1. The van der Waals surface area contributed by atoms with Crippen LogP contribution in [0, 0.1) is 0 Å². The van der Waals surface area contributed by atoms with Gasteiger partial charge in [-0.15, -0.1) is 24.0 Å². The number of halogens is 1. The minimum atomic E-state index is 0. The van der Waals surface area contributed by atoms with Crippen LogP contribution in [0.3, 0.4) is 0 Å². The van der Waals surface area contributed by atoms with Crippen LogP contribution in [-0.2, 0) is 0 Å². The van der Waals surface area contributed by atoms with Crippen molar-refractivity contribution in [2.24, 2.45) is 4.99 Å². The lowest BCUT2D eigenvalue weighted by Gasteiger charge is -2.35. The zero-order chi connectivity index (χ0) is 17.5. The Balaban J connectivity index is 0.00000243. The van der Waals surface area contributed by atoms with Crippen molar-refractivity contribution < 1.29 is 4.74 Å². The summed E-state index contributed by atoms with van der Waals surface area (Å²) in [5.74, 6) is 2.02. The number of rotatable bonds is 5. The molecule has 3 rings (SSSR count). The molecule has 146 valence electrons. The van der Waals surface area contributed by atoms with Gasteiger partial charge in [0.05, 0.1) is 0 Å². The first-order valence-electron chi connectivity index (χ1n) is 9.71. The largest absolute Gasteiger partial charge is 0.490 e. The van der Waals surface area contributed by atoms with E-state index in [9.17, 15) is 0 Å². The van der Waals surface area contributed by atoms with E-state index in [-0.39, 0.29) is 24.0 Å². The number of likely N-dealkylation sites (N-methyl/N-ethyl adjacent to an activating group) is 1. The standard InChI is InChI=1S/C20H32N4O.HI/c1-3-23-13-7-8-17(23)16-22-20(21-2)24-14-11-19(12-15-24)25-18-9-5-4-6-10-18;/h4-6,9-10,17,19H,3,7-8,11-16H2,1-2H3,(H,21,22);1H. The molecule has 2 fully saturated rings. The van der Waals surface area contributed by atoms with Crippen LogP contribution < -0.4 is 10.1 Å². The van der Waals surface area contributed by atoms with Gasteiger partial charge in [0.15, 0.2) is 5.96 Å². The zero-order valence-corrected chi connectivity index (χ0v) is 18.4. The van der Waals surface area contributed by atoms with Gasteiger partial charge >= 0.3 is 0 Å². The lowest BCUT2D eigenvalue weighted by molar-refractivity contribution is 0.129. The summed E-state index contributed by atoms with van der Waals surface area (Å²) >= 11 is 0. The highest BCUT2D eigenvalue weighted by Crippen LogP contribution is 2.19. The van der Waals surface area contributed by atoms with Gasteiger partial charge in [0.2, 0.25) is 0 Å². The normalized spacial score (nSPS) is 22.2. The molecule has 1 unspecified atom stereocenters. The molecule has 0 amide bonds. The van der Waals surface area contributed by atoms with Crippen LogP contribution in [0.25, 0.3) is 0 Å². The molecular formula is C20H33IN4O. The molecule has 2 aliphatic rings. The number of nitrogens with zero attached hydrogens (tertiary/aromatic N) is 3. The molecule has 1 N–H and O–H groups in total. The maximum Gasteiger partial charge on any atom is 0.193 e. The summed E-state index contributed by atoms with van der Waals surface area (Å²) in [6.45, 7) is 7.64. The van der Waals surface area contributed by atoms with Gasteiger partial charge in [-0.05, 0) is 38.1 Å². The molecular weight excluding hydrogens is 439 g/mol. The molecule has 0 saturated carbocycles. The van der Waals surface area contributed by atoms with Crippen LogP contribution in [0.15, 0.2) is 35.3 Å². The highest BCUT2D eigenvalue weighted by atomic mass is 127. The topological polar surface area (TPSA) is 40.1 Å². The van der Waals surface area contributed by atoms with Crippen LogP contribution in [0.5, 0.6) is 5.75 Å². The van der Waals surface area contributed by atoms with Crippen molar-refractivity contribution in [3.05, 3.63) is 30.3 Å². The number of hydrogen-bond acceptors (Lipinski definition) is 3. The number of hydrogen-bond donors (Lipinski definition) is 1. The third-order valence-electron chi connectivity index (χ3n) is 5.40. The summed E-state index contributed by atoms with van der Waals surface area (Å²) in [6.07, 6.45) is 5.01. The Bertz CT molecular complexity index is 546. The summed E-state index contributed by atoms with van der Waals surface area (Å²) < 4.78 is 6.09. The molecule has 0 radical (unpaired) electrons. The van der Waals surface area contributed by atoms with E-state index in [1.165, 1.54) is 19.4 Å². The SMILES string of the molecule is CCN1CCCC1CNC(=NC)N1CCC(Oc2ccccc2)CC1.I. The van der Waals surface area contributed by atoms with Crippen molar-refractivity contribution in [3.8, 4) is 5.75 Å². The van der Waals surface area contributed by atoms with E-state index in [1.807, 2.05) is 37.4 Å². The van der Waals surface area contributed by atoms with Crippen molar-refractivity contribution in [3.63, 3.8) is 0 Å². The summed E-state index contributed by atoms with van der Waals surface area (Å²) in [7, 11) is 1.89. The highest BCUT2D eigenvalue weighted by Gasteiger charge is 2.25. The fourth-order valence-electron chi connectivity index (χ4n) is 3.96. The fourth-order valence-corrected chi connectivity index (χ4v) is 3.96. The number of aliphatic imine (C=N–C) groups is 1. The monoisotopic (exact) mass is 472 g/mol. The molecule has 2 heterocycles. The lowest BCUT2D eigenvalue weighted by atomic mass is 10.1. The van der Waals surface area contributed by atoms with E-state index in [0.717, 1.165) is 50.7 Å². The van der Waals surface area contributed by atoms with E-state index >= 15 is 0 Å². The smallest absolute Gasteiger partial charge is 0.193 e. The van der Waals surface area contributed by atoms with Crippen LogP contribution in [-0.4, -0.2) is 67.7 Å². The molecule has 26 heavy (non-hydrogen) atoms. The predicted octanol–water partition coefficient (Wildman–Crippen LogP) is 3.21. The molecule has 0 aliphatic carbocycles. The minimum Gasteiger partial charge on any atom is -0.490 e. The van der Waals surface area contributed by atoms with Crippen molar-refractivity contribution in [1.82, 2.24) is 15.1 Å².